The summed E-state index contributed by atoms with van der Waals surface area (Å²) in [6.07, 6.45) is 0.571. The molecule has 0 radical (unpaired) electrons. The average Bonchev–Trinajstić information content (AvgIpc) is 3.20. The van der Waals surface area contributed by atoms with Crippen molar-refractivity contribution in [2.45, 2.75) is 50.4 Å². The van der Waals surface area contributed by atoms with Gasteiger partial charge < -0.3 is 25.2 Å². The van der Waals surface area contributed by atoms with Gasteiger partial charge in [-0.2, -0.15) is 0 Å². The summed E-state index contributed by atoms with van der Waals surface area (Å²) in [6.45, 7) is 3.98. The van der Waals surface area contributed by atoms with Crippen molar-refractivity contribution in [2.24, 2.45) is 5.92 Å². The molecule has 6 aromatic rings. The van der Waals surface area contributed by atoms with E-state index < -0.39 is 6.29 Å². The molecule has 0 spiro atoms. The zero-order valence-electron chi connectivity index (χ0n) is 29.4. The van der Waals surface area contributed by atoms with E-state index in [0.29, 0.717) is 17.8 Å². The van der Waals surface area contributed by atoms with Gasteiger partial charge in [0.1, 0.15) is 5.69 Å². The Balaban J connectivity index is 1.04. The van der Waals surface area contributed by atoms with Gasteiger partial charge in [-0.15, -0.1) is 11.8 Å². The SMILES string of the molecule is CC(=O)Nc1ccc(SC[C@@H]2O[C@H](c3ccc(-c4cccc(CNC(=O)c5cnc6ccccc6n5)c4)cc3)O[C@H](c3ccc(CO)cc3)[C@@H]2C)cc1. The van der Waals surface area contributed by atoms with E-state index in [2.05, 4.69) is 45.7 Å². The van der Waals surface area contributed by atoms with Crippen LogP contribution in [0.5, 0.6) is 0 Å². The number of thioether (sulfide) groups is 1. The van der Waals surface area contributed by atoms with Crippen LogP contribution >= 0.6 is 11.8 Å². The fourth-order valence-electron chi connectivity index (χ4n) is 6.36. The molecular formula is C43H40N4O5S. The minimum atomic E-state index is -0.588. The quantitative estimate of drug-likeness (QED) is 0.114. The molecule has 10 heteroatoms. The minimum Gasteiger partial charge on any atom is -0.392 e. The molecule has 2 amide bonds. The van der Waals surface area contributed by atoms with Crippen molar-refractivity contribution in [3.05, 3.63) is 155 Å². The van der Waals surface area contributed by atoms with Gasteiger partial charge in [0.2, 0.25) is 5.91 Å². The molecule has 0 bridgehead atoms. The highest BCUT2D eigenvalue weighted by molar-refractivity contribution is 7.99. The number of hydrogen-bond donors (Lipinski definition) is 3. The summed E-state index contributed by atoms with van der Waals surface area (Å²) >= 11 is 1.71. The molecule has 0 unspecified atom stereocenters. The van der Waals surface area contributed by atoms with Crippen molar-refractivity contribution >= 4 is 40.3 Å². The molecule has 53 heavy (non-hydrogen) atoms. The van der Waals surface area contributed by atoms with Crippen molar-refractivity contribution in [2.75, 3.05) is 11.1 Å². The van der Waals surface area contributed by atoms with Crippen LogP contribution in [0.2, 0.25) is 0 Å². The van der Waals surface area contributed by atoms with E-state index in [9.17, 15) is 14.7 Å². The molecule has 0 aliphatic carbocycles. The average molecular weight is 725 g/mol. The van der Waals surface area contributed by atoms with E-state index in [1.165, 1.54) is 13.1 Å². The molecule has 1 aliphatic heterocycles. The fraction of sp³-hybridized carbons (Fsp3) is 0.209. The summed E-state index contributed by atoms with van der Waals surface area (Å²) in [7, 11) is 0. The molecule has 1 fully saturated rings. The summed E-state index contributed by atoms with van der Waals surface area (Å²) in [5.74, 6) is 0.378. The summed E-state index contributed by atoms with van der Waals surface area (Å²) in [6, 6.07) is 39.5. The maximum atomic E-state index is 12.9. The maximum absolute atomic E-state index is 12.9. The first-order chi connectivity index (χ1) is 25.8. The van der Waals surface area contributed by atoms with Crippen LogP contribution < -0.4 is 10.6 Å². The van der Waals surface area contributed by atoms with Crippen LogP contribution in [-0.2, 0) is 27.4 Å². The van der Waals surface area contributed by atoms with Gasteiger partial charge in [-0.1, -0.05) is 85.8 Å². The Hall–Kier alpha value is -5.39. The lowest BCUT2D eigenvalue weighted by molar-refractivity contribution is -0.268. The van der Waals surface area contributed by atoms with Gasteiger partial charge in [0.15, 0.2) is 6.29 Å². The highest BCUT2D eigenvalue weighted by Crippen LogP contribution is 2.43. The summed E-state index contributed by atoms with van der Waals surface area (Å²) in [5.41, 5.74) is 8.26. The molecule has 7 rings (SSSR count). The molecule has 9 nitrogen and oxygen atoms in total. The van der Waals surface area contributed by atoms with E-state index in [1.807, 2.05) is 103 Å². The lowest BCUT2D eigenvalue weighted by Crippen LogP contribution is -2.38. The van der Waals surface area contributed by atoms with E-state index in [0.717, 1.165) is 49.5 Å². The van der Waals surface area contributed by atoms with E-state index >= 15 is 0 Å². The van der Waals surface area contributed by atoms with E-state index in [1.54, 1.807) is 11.8 Å². The van der Waals surface area contributed by atoms with Crippen LogP contribution in [0.25, 0.3) is 22.2 Å². The van der Waals surface area contributed by atoms with Crippen molar-refractivity contribution < 1.29 is 24.2 Å². The third-order valence-electron chi connectivity index (χ3n) is 9.29. The second-order valence-electron chi connectivity index (χ2n) is 13.1. The number of aromatic nitrogens is 2. The molecule has 1 saturated heterocycles. The number of nitrogens with one attached hydrogen (secondary N) is 2. The van der Waals surface area contributed by atoms with Crippen LogP contribution in [0, 0.1) is 5.92 Å². The van der Waals surface area contributed by atoms with Gasteiger partial charge in [-0.25, -0.2) is 4.98 Å². The van der Waals surface area contributed by atoms with Crippen LogP contribution in [0.15, 0.2) is 132 Å². The number of carbonyl (C=O) groups excluding carboxylic acids is 2. The van der Waals surface area contributed by atoms with Crippen molar-refractivity contribution in [3.8, 4) is 11.1 Å². The summed E-state index contributed by atoms with van der Waals surface area (Å²) < 4.78 is 13.3. The number of benzene rings is 5. The largest absolute Gasteiger partial charge is 0.392 e. The number of anilines is 1. The summed E-state index contributed by atoms with van der Waals surface area (Å²) in [4.78, 5) is 34.2. The Bertz CT molecular complexity index is 2200. The van der Waals surface area contributed by atoms with E-state index in [-0.39, 0.29) is 42.2 Å². The molecule has 268 valence electrons. The molecule has 1 aromatic heterocycles. The number of rotatable bonds is 11. The van der Waals surface area contributed by atoms with Crippen LogP contribution in [0.4, 0.5) is 5.69 Å². The Morgan fingerprint density at radius 1 is 0.792 bits per heavy atom. The molecule has 3 N–H and O–H groups in total. The fourth-order valence-corrected chi connectivity index (χ4v) is 7.43. The molecule has 5 aromatic carbocycles. The minimum absolute atomic E-state index is 0.0164. The Morgan fingerprint density at radius 2 is 1.53 bits per heavy atom. The lowest BCUT2D eigenvalue weighted by Gasteiger charge is -2.41. The number of aliphatic hydroxyl groups is 1. The Kier molecular flexibility index (Phi) is 11.2. The number of para-hydroxylation sites is 2. The number of hydrogen-bond acceptors (Lipinski definition) is 8. The van der Waals surface area contributed by atoms with Gasteiger partial charge >= 0.3 is 0 Å². The lowest BCUT2D eigenvalue weighted by atomic mass is 9.91. The zero-order chi connectivity index (χ0) is 36.7. The molecular weight excluding hydrogens is 685 g/mol. The molecule has 2 heterocycles. The maximum Gasteiger partial charge on any atom is 0.271 e. The standard InChI is InChI=1S/C43H40N4O5S/c1-27-40(26-53-36-20-18-35(19-21-36)46-28(2)49)51-43(52-41(27)32-12-10-29(25-48)11-13-32)33-16-14-31(15-17-33)34-7-5-6-30(22-34)23-45-42(50)39-24-44-37-8-3-4-9-38(37)47-39/h3-22,24,27,40-41,43,48H,23,25-26H2,1-2H3,(H,45,50)(H,46,49)/t27-,40+,41+,43+/m1/s1. The predicted molar refractivity (Wildman–Crippen MR) is 207 cm³/mol. The van der Waals surface area contributed by atoms with Gasteiger partial charge in [0, 0.05) is 41.3 Å². The van der Waals surface area contributed by atoms with E-state index in [4.69, 9.17) is 9.47 Å². The topological polar surface area (TPSA) is 123 Å². The van der Waals surface area contributed by atoms with Crippen molar-refractivity contribution in [1.82, 2.24) is 15.3 Å². The normalized spacial score (nSPS) is 18.4. The first-order valence-electron chi connectivity index (χ1n) is 17.5. The second kappa shape index (κ2) is 16.5. The predicted octanol–water partition coefficient (Wildman–Crippen LogP) is 8.26. The Labute approximate surface area is 312 Å². The highest BCUT2D eigenvalue weighted by Gasteiger charge is 2.38. The number of nitrogens with zero attached hydrogens (tertiary/aromatic N) is 2. The van der Waals surface area contributed by atoms with Gasteiger partial charge in [-0.05, 0) is 70.3 Å². The number of amides is 2. The number of carbonyl (C=O) groups is 2. The third kappa shape index (κ3) is 8.81. The highest BCUT2D eigenvalue weighted by atomic mass is 32.2. The van der Waals surface area contributed by atoms with Gasteiger partial charge in [-0.3, -0.25) is 14.6 Å². The van der Waals surface area contributed by atoms with Crippen LogP contribution in [0.1, 0.15) is 59.0 Å². The van der Waals surface area contributed by atoms with Gasteiger partial charge in [0.25, 0.3) is 5.91 Å². The van der Waals surface area contributed by atoms with Crippen LogP contribution in [-0.4, -0.2) is 38.7 Å². The first-order valence-corrected chi connectivity index (χ1v) is 18.5. The molecule has 0 saturated carbocycles. The van der Waals surface area contributed by atoms with Crippen molar-refractivity contribution in [3.63, 3.8) is 0 Å². The zero-order valence-corrected chi connectivity index (χ0v) is 30.3. The number of aliphatic hydroxyl groups excluding tert-OH is 1. The number of ether oxygens (including phenoxy) is 2. The first kappa shape index (κ1) is 36.0. The second-order valence-corrected chi connectivity index (χ2v) is 14.2. The third-order valence-corrected chi connectivity index (χ3v) is 10.4. The van der Waals surface area contributed by atoms with Gasteiger partial charge in [0.05, 0.1) is 36.0 Å². The molecule has 4 atom stereocenters. The van der Waals surface area contributed by atoms with Crippen LogP contribution in [0.3, 0.4) is 0 Å². The Morgan fingerprint density at radius 3 is 2.26 bits per heavy atom. The smallest absolute Gasteiger partial charge is 0.271 e. The molecule has 1 aliphatic rings. The monoisotopic (exact) mass is 724 g/mol. The van der Waals surface area contributed by atoms with Crippen molar-refractivity contribution in [1.29, 1.82) is 0 Å². The number of fused-ring (bicyclic) bond motifs is 1. The summed E-state index contributed by atoms with van der Waals surface area (Å²) in [5, 5.41) is 15.4.